The highest BCUT2D eigenvalue weighted by Gasteiger charge is 2.62. The summed E-state index contributed by atoms with van der Waals surface area (Å²) >= 11 is 0. The second kappa shape index (κ2) is 12.7. The van der Waals surface area contributed by atoms with Gasteiger partial charge in [0.15, 0.2) is 18.5 Å². The van der Waals surface area contributed by atoms with Gasteiger partial charge in [-0.15, -0.1) is 0 Å². The molecule has 15 atom stereocenters. The van der Waals surface area contributed by atoms with Crippen LogP contribution in [0.4, 0.5) is 0 Å². The standard InChI is InChI=1S/C29H48O13/c30-10-21-24(36)25(37)26(38)29(41-21)42-28-15-9-18(11-1-3-13(31)4-2-11)39-19-7-14(32)8-20(22(15)19)40-27(28)12-5-16(33)23(35)17(34)6-12/h11-38H,1-10H2/p+1. The van der Waals surface area contributed by atoms with E-state index in [9.17, 15) is 46.0 Å². The van der Waals surface area contributed by atoms with E-state index in [1.165, 1.54) is 0 Å². The van der Waals surface area contributed by atoms with Crippen molar-refractivity contribution < 1.29 is 64.9 Å². The molecule has 6 fully saturated rings. The van der Waals surface area contributed by atoms with Gasteiger partial charge in [0, 0.05) is 24.7 Å². The zero-order chi connectivity index (χ0) is 29.9. The first-order valence-electron chi connectivity index (χ1n) is 15.8. The second-order valence-corrected chi connectivity index (χ2v) is 13.7. The van der Waals surface area contributed by atoms with E-state index in [1.54, 1.807) is 0 Å². The van der Waals surface area contributed by atoms with Gasteiger partial charge in [0.25, 0.3) is 0 Å². The molecule has 6 rings (SSSR count). The monoisotopic (exact) mass is 605 g/mol. The van der Waals surface area contributed by atoms with Crippen LogP contribution in [0.5, 0.6) is 0 Å². The van der Waals surface area contributed by atoms with E-state index in [2.05, 4.69) is 0 Å². The number of ether oxygens (including phenoxy) is 4. The lowest BCUT2D eigenvalue weighted by Crippen LogP contribution is -2.68. The van der Waals surface area contributed by atoms with Gasteiger partial charge in [0.1, 0.15) is 36.6 Å². The topological polar surface area (TPSA) is 223 Å². The first kappa shape index (κ1) is 31.5. The van der Waals surface area contributed by atoms with E-state index < -0.39 is 79.9 Å². The number of rotatable bonds is 5. The molecule has 13 heteroatoms. The molecule has 0 aromatic carbocycles. The van der Waals surface area contributed by atoms with Crippen molar-refractivity contribution in [3.8, 4) is 0 Å². The summed E-state index contributed by atoms with van der Waals surface area (Å²) in [4.78, 5) is 0. The maximum atomic E-state index is 10.9. The first-order chi connectivity index (χ1) is 20.0. The summed E-state index contributed by atoms with van der Waals surface area (Å²) in [5.41, 5.74) is 0. The molecule has 6 aliphatic rings. The van der Waals surface area contributed by atoms with Crippen LogP contribution in [0, 0.1) is 23.7 Å². The first-order valence-corrected chi connectivity index (χ1v) is 15.8. The van der Waals surface area contributed by atoms with Gasteiger partial charge in [0.2, 0.25) is 0 Å². The Kier molecular flexibility index (Phi) is 9.51. The average molecular weight is 606 g/mol. The quantitative estimate of drug-likeness (QED) is 0.143. The Bertz CT molecular complexity index is 889. The molecule has 0 amide bonds. The number of aliphatic hydroxyl groups is 11. The van der Waals surface area contributed by atoms with Crippen molar-refractivity contribution in [3.05, 3.63) is 0 Å². The van der Waals surface area contributed by atoms with E-state index >= 15 is 0 Å². The summed E-state index contributed by atoms with van der Waals surface area (Å²) in [7, 11) is 0. The largest absolute Gasteiger partial charge is 0.427 e. The van der Waals surface area contributed by atoms with Crippen molar-refractivity contribution in [2.45, 2.75) is 150 Å². The van der Waals surface area contributed by atoms with Crippen molar-refractivity contribution in [1.82, 2.24) is 0 Å². The molecule has 3 heterocycles. The van der Waals surface area contributed by atoms with Crippen LogP contribution in [0.3, 0.4) is 0 Å². The van der Waals surface area contributed by atoms with Crippen molar-refractivity contribution in [2.75, 3.05) is 6.61 Å². The predicted octanol–water partition coefficient (Wildman–Crippen LogP) is -2.96. The van der Waals surface area contributed by atoms with Gasteiger partial charge in [-0.3, -0.25) is 0 Å². The minimum Gasteiger partial charge on any atom is -0.427 e. The average Bonchev–Trinajstić information content (AvgIpc) is 2.96. The maximum absolute atomic E-state index is 10.9. The lowest BCUT2D eigenvalue weighted by atomic mass is 9.63. The van der Waals surface area contributed by atoms with Gasteiger partial charge in [-0.05, 0) is 50.9 Å². The Morgan fingerprint density at radius 3 is 2.00 bits per heavy atom. The Hall–Kier alpha value is -0.520. The summed E-state index contributed by atoms with van der Waals surface area (Å²) in [6, 6.07) is 0. The van der Waals surface area contributed by atoms with Crippen LogP contribution < -0.4 is 0 Å². The SMILES string of the molecule is OCC1OC(OC2C3CC(C4CCC(O)CC4)OC4CC(O)CC([OH+]C2C2CC(O)C(O)C(O)C2)C43)C(O)C(O)C1O. The Balaban J connectivity index is 1.33. The molecule has 3 saturated heterocycles. The predicted molar refractivity (Wildman–Crippen MR) is 143 cm³/mol. The fraction of sp³-hybridized carbons (Fsp3) is 1.00. The third-order valence-electron chi connectivity index (χ3n) is 11.1. The van der Waals surface area contributed by atoms with Crippen LogP contribution in [0.1, 0.15) is 57.8 Å². The minimum atomic E-state index is -1.62. The van der Waals surface area contributed by atoms with Gasteiger partial charge in [0.05, 0.1) is 49.1 Å². The molecule has 0 aromatic rings. The lowest BCUT2D eigenvalue weighted by Gasteiger charge is -2.56. The molecule has 0 bridgehead atoms. The maximum Gasteiger partial charge on any atom is 0.187 e. The molecule has 10 N–H and O–H groups in total. The number of hydrogen-bond acceptors (Lipinski definition) is 12. The van der Waals surface area contributed by atoms with Gasteiger partial charge in [-0.1, -0.05) is 0 Å². The van der Waals surface area contributed by atoms with Gasteiger partial charge < -0.3 is 64.9 Å². The zero-order valence-electron chi connectivity index (χ0n) is 23.7. The van der Waals surface area contributed by atoms with Crippen molar-refractivity contribution in [1.29, 1.82) is 0 Å². The van der Waals surface area contributed by atoms with Crippen molar-refractivity contribution in [2.24, 2.45) is 23.7 Å². The van der Waals surface area contributed by atoms with E-state index in [1.807, 2.05) is 0 Å². The Morgan fingerprint density at radius 1 is 0.643 bits per heavy atom. The smallest absolute Gasteiger partial charge is 0.187 e. The van der Waals surface area contributed by atoms with Gasteiger partial charge in [-0.2, -0.15) is 0 Å². The second-order valence-electron chi connectivity index (χ2n) is 13.7. The van der Waals surface area contributed by atoms with Crippen LogP contribution in [-0.4, -0.2) is 149 Å². The molecule has 0 radical (unpaired) electrons. The summed E-state index contributed by atoms with van der Waals surface area (Å²) in [6.07, 6.45) is -9.03. The fourth-order valence-corrected chi connectivity index (χ4v) is 8.90. The molecular formula is C29H49O13+. The summed E-state index contributed by atoms with van der Waals surface area (Å²) in [6.45, 7) is -0.598. The summed E-state index contributed by atoms with van der Waals surface area (Å²) in [5, 5.41) is 93.8. The van der Waals surface area contributed by atoms with Crippen LogP contribution in [0.25, 0.3) is 0 Å². The van der Waals surface area contributed by atoms with Crippen LogP contribution >= 0.6 is 0 Å². The molecule has 42 heavy (non-hydrogen) atoms. The lowest BCUT2D eigenvalue weighted by molar-refractivity contribution is -0.382. The Labute approximate surface area is 245 Å². The Morgan fingerprint density at radius 2 is 1.33 bits per heavy atom. The summed E-state index contributed by atoms with van der Waals surface area (Å²) in [5.74, 6) is -0.452. The number of aliphatic hydroxyl groups excluding tert-OH is 9. The zero-order valence-corrected chi connectivity index (χ0v) is 23.7. The van der Waals surface area contributed by atoms with Crippen LogP contribution in [0.15, 0.2) is 0 Å². The van der Waals surface area contributed by atoms with Crippen molar-refractivity contribution in [3.63, 3.8) is 0 Å². The van der Waals surface area contributed by atoms with Crippen LogP contribution in [0.2, 0.25) is 0 Å². The molecule has 0 aromatic heterocycles. The van der Waals surface area contributed by atoms with E-state index in [0.29, 0.717) is 32.1 Å². The van der Waals surface area contributed by atoms with E-state index in [-0.39, 0.29) is 55.0 Å². The molecule has 15 unspecified atom stereocenters. The third-order valence-corrected chi connectivity index (χ3v) is 11.1. The minimum absolute atomic E-state index is 0.103. The van der Waals surface area contributed by atoms with E-state index in [0.717, 1.165) is 12.8 Å². The highest BCUT2D eigenvalue weighted by molar-refractivity contribution is 5.06. The molecular weight excluding hydrogens is 556 g/mol. The summed E-state index contributed by atoms with van der Waals surface area (Å²) < 4.78 is 24.1. The van der Waals surface area contributed by atoms with Gasteiger partial charge in [-0.25, -0.2) is 0 Å². The molecule has 0 spiro atoms. The highest BCUT2D eigenvalue weighted by atomic mass is 16.7. The molecule has 13 nitrogen and oxygen atoms in total. The van der Waals surface area contributed by atoms with Gasteiger partial charge >= 0.3 is 0 Å². The molecule has 242 valence electrons. The molecule has 3 aliphatic carbocycles. The molecule has 3 saturated carbocycles. The van der Waals surface area contributed by atoms with Crippen LogP contribution in [-0.2, 0) is 14.2 Å². The fourth-order valence-electron chi connectivity index (χ4n) is 8.90. The molecule has 3 aliphatic heterocycles. The third kappa shape index (κ3) is 5.91. The number of hydrogen-bond donors (Lipinski definition) is 9. The highest BCUT2D eigenvalue weighted by Crippen LogP contribution is 2.51. The normalized spacial score (nSPS) is 56.9. The van der Waals surface area contributed by atoms with Crippen molar-refractivity contribution >= 4 is 0 Å². The van der Waals surface area contributed by atoms with E-state index in [4.69, 9.17) is 18.9 Å².